The summed E-state index contributed by atoms with van der Waals surface area (Å²) < 4.78 is 16.2. The van der Waals surface area contributed by atoms with Crippen molar-refractivity contribution in [2.24, 2.45) is 0 Å². The summed E-state index contributed by atoms with van der Waals surface area (Å²) in [7, 11) is 1.56. The fourth-order valence-corrected chi connectivity index (χ4v) is 2.25. The van der Waals surface area contributed by atoms with Gasteiger partial charge in [-0.1, -0.05) is 12.7 Å². The molecule has 0 bridgehead atoms. The standard InChI is InChI=1S/C16H21NO4/c1-4-8-21-14-6-5-13(10-15(14)19-3)16(18)17-7-9-20-12(2)11-17/h4-6,10,12H,1,7-9,11H2,2-3H3/t12-/m0/s1. The number of hydrogen-bond acceptors (Lipinski definition) is 4. The Morgan fingerprint density at radius 3 is 3.00 bits per heavy atom. The summed E-state index contributed by atoms with van der Waals surface area (Å²) in [6.07, 6.45) is 1.73. The van der Waals surface area contributed by atoms with Crippen LogP contribution in [-0.4, -0.2) is 50.3 Å². The molecule has 0 spiro atoms. The summed E-state index contributed by atoms with van der Waals surface area (Å²) in [6.45, 7) is 7.76. The molecule has 1 fully saturated rings. The molecule has 0 unspecified atom stereocenters. The molecule has 0 radical (unpaired) electrons. The Morgan fingerprint density at radius 1 is 1.52 bits per heavy atom. The van der Waals surface area contributed by atoms with Crippen molar-refractivity contribution in [1.29, 1.82) is 0 Å². The minimum absolute atomic E-state index is 0.0151. The van der Waals surface area contributed by atoms with Crippen molar-refractivity contribution in [2.45, 2.75) is 13.0 Å². The summed E-state index contributed by atoms with van der Waals surface area (Å²) in [5, 5.41) is 0. The molecule has 0 saturated carbocycles. The molecule has 114 valence electrons. The predicted octanol–water partition coefficient (Wildman–Crippen LogP) is 2.12. The van der Waals surface area contributed by atoms with Crippen molar-refractivity contribution in [1.82, 2.24) is 4.90 Å². The summed E-state index contributed by atoms with van der Waals surface area (Å²) in [6, 6.07) is 5.21. The predicted molar refractivity (Wildman–Crippen MR) is 80.0 cm³/mol. The monoisotopic (exact) mass is 291 g/mol. The third-order valence-corrected chi connectivity index (χ3v) is 3.30. The van der Waals surface area contributed by atoms with Gasteiger partial charge in [0.25, 0.3) is 5.91 Å². The van der Waals surface area contributed by atoms with E-state index in [1.54, 1.807) is 36.3 Å². The van der Waals surface area contributed by atoms with Crippen molar-refractivity contribution in [3.63, 3.8) is 0 Å². The number of hydrogen-bond donors (Lipinski definition) is 0. The van der Waals surface area contributed by atoms with Crippen molar-refractivity contribution >= 4 is 5.91 Å². The van der Waals surface area contributed by atoms with Gasteiger partial charge in [0.05, 0.1) is 19.8 Å². The van der Waals surface area contributed by atoms with Crippen LogP contribution in [0.2, 0.25) is 0 Å². The molecule has 0 aromatic heterocycles. The van der Waals surface area contributed by atoms with Crippen LogP contribution in [-0.2, 0) is 4.74 Å². The van der Waals surface area contributed by atoms with Crippen LogP contribution in [0, 0.1) is 0 Å². The van der Waals surface area contributed by atoms with Gasteiger partial charge in [0.1, 0.15) is 6.61 Å². The topological polar surface area (TPSA) is 48.0 Å². The number of carbonyl (C=O) groups is 1. The Kier molecular flexibility index (Phi) is 5.22. The van der Waals surface area contributed by atoms with Crippen LogP contribution in [0.15, 0.2) is 30.9 Å². The van der Waals surface area contributed by atoms with E-state index < -0.39 is 0 Å². The molecule has 5 heteroatoms. The maximum atomic E-state index is 12.5. The molecule has 1 heterocycles. The Balaban J connectivity index is 2.15. The van der Waals surface area contributed by atoms with Crippen LogP contribution in [0.4, 0.5) is 0 Å². The Hall–Kier alpha value is -2.01. The second-order valence-electron chi connectivity index (χ2n) is 4.90. The largest absolute Gasteiger partial charge is 0.493 e. The van der Waals surface area contributed by atoms with Crippen molar-refractivity contribution in [2.75, 3.05) is 33.4 Å². The molecule has 21 heavy (non-hydrogen) atoms. The van der Waals surface area contributed by atoms with Crippen molar-refractivity contribution in [3.05, 3.63) is 36.4 Å². The van der Waals surface area contributed by atoms with Gasteiger partial charge in [0, 0.05) is 18.7 Å². The second kappa shape index (κ2) is 7.13. The number of rotatable bonds is 5. The van der Waals surface area contributed by atoms with E-state index in [9.17, 15) is 4.79 Å². The molecule has 2 rings (SSSR count). The zero-order chi connectivity index (χ0) is 15.2. The van der Waals surface area contributed by atoms with Gasteiger partial charge in [-0.05, 0) is 25.1 Å². The highest BCUT2D eigenvalue weighted by Gasteiger charge is 2.23. The first-order chi connectivity index (χ1) is 10.2. The quantitative estimate of drug-likeness (QED) is 0.780. The number of nitrogens with zero attached hydrogens (tertiary/aromatic N) is 1. The summed E-state index contributed by atoms with van der Waals surface area (Å²) in [5.41, 5.74) is 0.590. The Labute approximate surface area is 125 Å². The molecule has 1 aromatic carbocycles. The molecule has 1 aliphatic heterocycles. The van der Waals surface area contributed by atoms with Crippen LogP contribution in [0.25, 0.3) is 0 Å². The zero-order valence-electron chi connectivity index (χ0n) is 12.5. The van der Waals surface area contributed by atoms with Crippen molar-refractivity contribution in [3.8, 4) is 11.5 Å². The maximum absolute atomic E-state index is 12.5. The van der Waals surface area contributed by atoms with Gasteiger partial charge in [0.15, 0.2) is 11.5 Å². The smallest absolute Gasteiger partial charge is 0.254 e. The lowest BCUT2D eigenvalue weighted by atomic mass is 10.1. The molecule has 1 saturated heterocycles. The molecule has 5 nitrogen and oxygen atoms in total. The second-order valence-corrected chi connectivity index (χ2v) is 4.90. The minimum Gasteiger partial charge on any atom is -0.493 e. The molecule has 1 amide bonds. The van der Waals surface area contributed by atoms with E-state index in [0.717, 1.165) is 0 Å². The SMILES string of the molecule is C=CCOc1ccc(C(=O)N2CCO[C@@H](C)C2)cc1OC. The first-order valence-electron chi connectivity index (χ1n) is 6.98. The van der Waals surface area contributed by atoms with E-state index >= 15 is 0 Å². The first-order valence-corrected chi connectivity index (χ1v) is 6.98. The lowest BCUT2D eigenvalue weighted by Crippen LogP contribution is -2.44. The van der Waals surface area contributed by atoms with Gasteiger partial charge < -0.3 is 19.1 Å². The molecule has 1 atom stereocenters. The lowest BCUT2D eigenvalue weighted by molar-refractivity contribution is -0.0124. The van der Waals surface area contributed by atoms with Crippen LogP contribution < -0.4 is 9.47 Å². The molecule has 0 aliphatic carbocycles. The molecular weight excluding hydrogens is 270 g/mol. The molecular formula is C16H21NO4. The van der Waals surface area contributed by atoms with Crippen LogP contribution in [0.5, 0.6) is 11.5 Å². The molecule has 0 N–H and O–H groups in total. The molecule has 1 aliphatic rings. The summed E-state index contributed by atoms with van der Waals surface area (Å²) in [4.78, 5) is 14.3. The number of amides is 1. The van der Waals surface area contributed by atoms with Gasteiger partial charge in [-0.3, -0.25) is 4.79 Å². The number of carbonyl (C=O) groups excluding carboxylic acids is 1. The van der Waals surface area contributed by atoms with Gasteiger partial charge >= 0.3 is 0 Å². The van der Waals surface area contributed by atoms with E-state index in [2.05, 4.69) is 6.58 Å². The first kappa shape index (κ1) is 15.4. The fourth-order valence-electron chi connectivity index (χ4n) is 2.25. The van der Waals surface area contributed by atoms with E-state index in [0.29, 0.717) is 43.4 Å². The highest BCUT2D eigenvalue weighted by Crippen LogP contribution is 2.28. The van der Waals surface area contributed by atoms with Gasteiger partial charge in [-0.15, -0.1) is 0 Å². The number of ether oxygens (including phenoxy) is 3. The number of benzene rings is 1. The van der Waals surface area contributed by atoms with Crippen molar-refractivity contribution < 1.29 is 19.0 Å². The highest BCUT2D eigenvalue weighted by molar-refractivity contribution is 5.95. The average molecular weight is 291 g/mol. The minimum atomic E-state index is -0.0151. The third-order valence-electron chi connectivity index (χ3n) is 3.30. The average Bonchev–Trinajstić information content (AvgIpc) is 2.52. The zero-order valence-corrected chi connectivity index (χ0v) is 12.5. The Morgan fingerprint density at radius 2 is 2.33 bits per heavy atom. The summed E-state index contributed by atoms with van der Waals surface area (Å²) >= 11 is 0. The molecule has 1 aromatic rings. The van der Waals surface area contributed by atoms with E-state index in [1.807, 2.05) is 6.92 Å². The van der Waals surface area contributed by atoms with Gasteiger partial charge in [0.2, 0.25) is 0 Å². The number of methoxy groups -OCH3 is 1. The van der Waals surface area contributed by atoms with Gasteiger partial charge in [-0.2, -0.15) is 0 Å². The lowest BCUT2D eigenvalue weighted by Gasteiger charge is -2.31. The number of morpholine rings is 1. The van der Waals surface area contributed by atoms with E-state index in [1.165, 1.54) is 0 Å². The third kappa shape index (κ3) is 3.76. The maximum Gasteiger partial charge on any atom is 0.254 e. The van der Waals surface area contributed by atoms with E-state index in [4.69, 9.17) is 14.2 Å². The normalized spacial score (nSPS) is 18.2. The highest BCUT2D eigenvalue weighted by atomic mass is 16.5. The summed E-state index contributed by atoms with van der Waals surface area (Å²) in [5.74, 6) is 1.13. The van der Waals surface area contributed by atoms with Crippen LogP contribution in [0.1, 0.15) is 17.3 Å². The van der Waals surface area contributed by atoms with E-state index in [-0.39, 0.29) is 12.0 Å². The van der Waals surface area contributed by atoms with Gasteiger partial charge in [-0.25, -0.2) is 0 Å². The fraction of sp³-hybridized carbons (Fsp3) is 0.438. The van der Waals surface area contributed by atoms with Crippen LogP contribution in [0.3, 0.4) is 0 Å². The Bertz CT molecular complexity index is 515. The van der Waals surface area contributed by atoms with Crippen LogP contribution >= 0.6 is 0 Å².